The molecular weight excluding hydrogens is 312 g/mol. The molecule has 0 aromatic rings. The minimum absolute atomic E-state index is 0.0993. The molecule has 138 valence electrons. The Morgan fingerprint density at radius 2 is 1.52 bits per heavy atom. The zero-order valence-corrected chi connectivity index (χ0v) is 16.6. The third-order valence-corrected chi connectivity index (χ3v) is 4.41. The van der Waals surface area contributed by atoms with Crippen LogP contribution in [0.5, 0.6) is 0 Å². The van der Waals surface area contributed by atoms with Crippen molar-refractivity contribution in [3.05, 3.63) is 0 Å². The fraction of sp³-hybridized carbons (Fsp3) is 0.941. The number of ether oxygens (including phenoxy) is 2. The molecule has 6 heteroatoms. The molecular formula is C17H36N2O3S. The summed E-state index contributed by atoms with van der Waals surface area (Å²) in [5.41, 5.74) is -0.398. The van der Waals surface area contributed by atoms with Crippen molar-refractivity contribution in [2.45, 2.75) is 58.7 Å². The van der Waals surface area contributed by atoms with Gasteiger partial charge < -0.3 is 20.1 Å². The average Bonchev–Trinajstić information content (AvgIpc) is 2.47. The predicted octanol–water partition coefficient (Wildman–Crippen LogP) is 2.45. The van der Waals surface area contributed by atoms with Crippen LogP contribution in [0.1, 0.15) is 47.5 Å². The Bertz CT molecular complexity index is 323. The van der Waals surface area contributed by atoms with Crippen LogP contribution < -0.4 is 10.6 Å². The lowest BCUT2D eigenvalue weighted by Gasteiger charge is -2.28. The number of rotatable bonds is 14. The van der Waals surface area contributed by atoms with Crippen LogP contribution >= 0.6 is 11.8 Å². The van der Waals surface area contributed by atoms with Crippen LogP contribution in [0.2, 0.25) is 0 Å². The third kappa shape index (κ3) is 13.8. The van der Waals surface area contributed by atoms with Gasteiger partial charge in [-0.25, -0.2) is 0 Å². The van der Waals surface area contributed by atoms with Crippen LogP contribution in [0.4, 0.5) is 0 Å². The summed E-state index contributed by atoms with van der Waals surface area (Å²) in [6.07, 6.45) is 1.76. The number of carbonyl (C=O) groups is 1. The van der Waals surface area contributed by atoms with E-state index in [1.807, 2.05) is 20.9 Å². The maximum atomic E-state index is 11.5. The molecule has 23 heavy (non-hydrogen) atoms. The van der Waals surface area contributed by atoms with E-state index in [1.165, 1.54) is 0 Å². The Morgan fingerprint density at radius 3 is 2.00 bits per heavy atom. The van der Waals surface area contributed by atoms with Crippen molar-refractivity contribution < 1.29 is 14.3 Å². The smallest absolute Gasteiger partial charge is 0.229 e. The van der Waals surface area contributed by atoms with Crippen molar-refractivity contribution in [3.8, 4) is 0 Å². The van der Waals surface area contributed by atoms with E-state index in [9.17, 15) is 4.79 Å². The molecule has 0 fully saturated rings. The van der Waals surface area contributed by atoms with Gasteiger partial charge in [-0.1, -0.05) is 6.92 Å². The zero-order chi connectivity index (χ0) is 17.8. The molecule has 5 nitrogen and oxygen atoms in total. The van der Waals surface area contributed by atoms with E-state index in [0.29, 0.717) is 25.5 Å². The Labute approximate surface area is 146 Å². The number of nitrogens with one attached hydrogen (secondary N) is 2. The van der Waals surface area contributed by atoms with Gasteiger partial charge in [-0.3, -0.25) is 4.79 Å². The van der Waals surface area contributed by atoms with Gasteiger partial charge in [0.25, 0.3) is 0 Å². The molecule has 0 saturated carbocycles. The number of carbonyl (C=O) groups excluding carboxylic acids is 1. The standard InChI is InChI=1S/C17H36N2O3S/c1-7-23-14-15(20)19-11-9-17(4,5)22-13-12-21-16(2,3)8-10-18-6/h18H,7-14H2,1-6H3,(H,19,20). The summed E-state index contributed by atoms with van der Waals surface area (Å²) in [6, 6.07) is 0. The topological polar surface area (TPSA) is 59.6 Å². The summed E-state index contributed by atoms with van der Waals surface area (Å²) in [5, 5.41) is 6.07. The second-order valence-corrected chi connectivity index (χ2v) is 8.08. The van der Waals surface area contributed by atoms with E-state index in [0.717, 1.165) is 25.1 Å². The third-order valence-electron chi connectivity index (χ3n) is 3.53. The van der Waals surface area contributed by atoms with Crippen LogP contribution in [-0.2, 0) is 14.3 Å². The fourth-order valence-corrected chi connectivity index (χ4v) is 2.45. The molecule has 0 bridgehead atoms. The molecule has 0 atom stereocenters. The highest BCUT2D eigenvalue weighted by molar-refractivity contribution is 7.99. The monoisotopic (exact) mass is 348 g/mol. The number of hydrogen-bond donors (Lipinski definition) is 2. The van der Waals surface area contributed by atoms with Crippen molar-refractivity contribution in [2.75, 3.05) is 44.9 Å². The van der Waals surface area contributed by atoms with Gasteiger partial charge in [0.2, 0.25) is 5.91 Å². The minimum Gasteiger partial charge on any atom is -0.373 e. The second-order valence-electron chi connectivity index (χ2n) is 6.81. The van der Waals surface area contributed by atoms with Gasteiger partial charge >= 0.3 is 0 Å². The molecule has 0 aromatic carbocycles. The highest BCUT2D eigenvalue weighted by atomic mass is 32.2. The van der Waals surface area contributed by atoms with E-state index in [-0.39, 0.29) is 17.1 Å². The van der Waals surface area contributed by atoms with Crippen LogP contribution in [0.3, 0.4) is 0 Å². The molecule has 0 radical (unpaired) electrons. The Balaban J connectivity index is 3.81. The van der Waals surface area contributed by atoms with E-state index in [2.05, 4.69) is 31.4 Å². The van der Waals surface area contributed by atoms with E-state index < -0.39 is 0 Å². The molecule has 1 amide bonds. The van der Waals surface area contributed by atoms with Crippen LogP contribution in [0, 0.1) is 0 Å². The van der Waals surface area contributed by atoms with Gasteiger partial charge in [-0.15, -0.1) is 0 Å². The summed E-state index contributed by atoms with van der Waals surface area (Å²) in [6.45, 7) is 13.1. The minimum atomic E-state index is -0.260. The molecule has 2 N–H and O–H groups in total. The molecule has 0 saturated heterocycles. The van der Waals surface area contributed by atoms with Gasteiger partial charge in [0.05, 0.1) is 30.2 Å². The van der Waals surface area contributed by atoms with E-state index >= 15 is 0 Å². The number of thioether (sulfide) groups is 1. The van der Waals surface area contributed by atoms with E-state index in [1.54, 1.807) is 11.8 Å². The predicted molar refractivity (Wildman–Crippen MR) is 99.2 cm³/mol. The van der Waals surface area contributed by atoms with E-state index in [4.69, 9.17) is 9.47 Å². The zero-order valence-electron chi connectivity index (χ0n) is 15.8. The largest absolute Gasteiger partial charge is 0.373 e. The maximum Gasteiger partial charge on any atom is 0.229 e. The summed E-state index contributed by atoms with van der Waals surface area (Å²) >= 11 is 1.63. The molecule has 0 aliphatic rings. The first-order valence-corrected chi connectivity index (χ1v) is 9.65. The molecule has 0 rings (SSSR count). The van der Waals surface area contributed by atoms with Crippen molar-refractivity contribution >= 4 is 17.7 Å². The van der Waals surface area contributed by atoms with Gasteiger partial charge in [0, 0.05) is 6.54 Å². The molecule has 0 aromatic heterocycles. The first kappa shape index (κ1) is 22.7. The summed E-state index contributed by atoms with van der Waals surface area (Å²) in [5.74, 6) is 1.60. The Hall–Kier alpha value is -0.300. The SMILES string of the molecule is CCSCC(=O)NCCC(C)(C)OCCOC(C)(C)CCNC. The molecule has 0 heterocycles. The Kier molecular flexibility index (Phi) is 12.0. The van der Waals surface area contributed by atoms with Crippen molar-refractivity contribution in [1.29, 1.82) is 0 Å². The normalized spacial score (nSPS) is 12.4. The lowest BCUT2D eigenvalue weighted by atomic mass is 10.1. The number of hydrogen-bond acceptors (Lipinski definition) is 5. The highest BCUT2D eigenvalue weighted by Gasteiger charge is 2.20. The first-order chi connectivity index (χ1) is 10.7. The second kappa shape index (κ2) is 12.1. The molecule has 0 unspecified atom stereocenters. The highest BCUT2D eigenvalue weighted by Crippen LogP contribution is 2.16. The van der Waals surface area contributed by atoms with Crippen molar-refractivity contribution in [2.24, 2.45) is 0 Å². The van der Waals surface area contributed by atoms with Gasteiger partial charge in [-0.2, -0.15) is 11.8 Å². The van der Waals surface area contributed by atoms with Crippen LogP contribution in [0.15, 0.2) is 0 Å². The van der Waals surface area contributed by atoms with Crippen molar-refractivity contribution in [3.63, 3.8) is 0 Å². The van der Waals surface area contributed by atoms with Gasteiger partial charge in [0.1, 0.15) is 0 Å². The lowest BCUT2D eigenvalue weighted by molar-refractivity contribution is -0.119. The number of amides is 1. The molecule has 0 aliphatic carbocycles. The fourth-order valence-electron chi connectivity index (χ4n) is 1.96. The Morgan fingerprint density at radius 1 is 1.00 bits per heavy atom. The molecule has 0 spiro atoms. The van der Waals surface area contributed by atoms with Crippen molar-refractivity contribution in [1.82, 2.24) is 10.6 Å². The summed E-state index contributed by atoms with van der Waals surface area (Å²) < 4.78 is 11.8. The van der Waals surface area contributed by atoms with Gasteiger partial charge in [0.15, 0.2) is 0 Å². The van der Waals surface area contributed by atoms with Gasteiger partial charge in [-0.05, 0) is 59.9 Å². The summed E-state index contributed by atoms with van der Waals surface area (Å²) in [4.78, 5) is 11.5. The summed E-state index contributed by atoms with van der Waals surface area (Å²) in [7, 11) is 1.95. The average molecular weight is 349 g/mol. The van der Waals surface area contributed by atoms with Crippen LogP contribution in [-0.4, -0.2) is 62.0 Å². The molecule has 0 aliphatic heterocycles. The maximum absolute atomic E-state index is 11.5. The first-order valence-electron chi connectivity index (χ1n) is 8.49. The lowest BCUT2D eigenvalue weighted by Crippen LogP contribution is -2.35. The quantitative estimate of drug-likeness (QED) is 0.472. The van der Waals surface area contributed by atoms with Crippen LogP contribution in [0.25, 0.3) is 0 Å².